The molecule has 3 nitrogen and oxygen atoms in total. The van der Waals surface area contributed by atoms with Gasteiger partial charge in [0.1, 0.15) is 5.82 Å². The molecule has 138 valence electrons. The maximum atomic E-state index is 14.0. The van der Waals surface area contributed by atoms with E-state index >= 15 is 0 Å². The van der Waals surface area contributed by atoms with E-state index < -0.39 is 17.6 Å². The van der Waals surface area contributed by atoms with Crippen LogP contribution in [0.3, 0.4) is 0 Å². The van der Waals surface area contributed by atoms with Crippen molar-refractivity contribution in [2.24, 2.45) is 10.7 Å². The molecular formula is C19H19F4N3. The zero-order chi connectivity index (χ0) is 18.7. The SMILES string of the molecule is NC1=N[C@@H](CN(Cc2ccccc2)c2ccc(C(F)(F)F)c(F)c2)CC1. The van der Waals surface area contributed by atoms with Gasteiger partial charge in [-0.1, -0.05) is 30.3 Å². The quantitative estimate of drug-likeness (QED) is 0.800. The number of benzene rings is 2. The van der Waals surface area contributed by atoms with Gasteiger partial charge in [-0.05, 0) is 30.2 Å². The van der Waals surface area contributed by atoms with Crippen molar-refractivity contribution in [3.63, 3.8) is 0 Å². The molecule has 3 rings (SSSR count). The second kappa shape index (κ2) is 7.35. The molecule has 0 fully saturated rings. The van der Waals surface area contributed by atoms with Gasteiger partial charge in [-0.15, -0.1) is 0 Å². The fourth-order valence-electron chi connectivity index (χ4n) is 3.06. The summed E-state index contributed by atoms with van der Waals surface area (Å²) in [6.07, 6.45) is -3.23. The summed E-state index contributed by atoms with van der Waals surface area (Å²) in [7, 11) is 0. The molecule has 2 aromatic rings. The Balaban J connectivity index is 1.88. The topological polar surface area (TPSA) is 41.6 Å². The first kappa shape index (κ1) is 18.2. The standard InChI is InChI=1S/C19H19F4N3/c20-17-10-15(7-8-16(17)19(21,22)23)26(11-13-4-2-1-3-5-13)12-14-6-9-18(24)25-14/h1-5,7-8,10,14H,6,9,11-12H2,(H2,24,25)/t14-/m1/s1. The van der Waals surface area contributed by atoms with Crippen LogP contribution in [0.25, 0.3) is 0 Å². The Morgan fingerprint density at radius 3 is 2.42 bits per heavy atom. The minimum Gasteiger partial charge on any atom is -0.387 e. The van der Waals surface area contributed by atoms with E-state index in [9.17, 15) is 17.6 Å². The molecule has 2 N–H and O–H groups in total. The van der Waals surface area contributed by atoms with Crippen molar-refractivity contribution in [3.8, 4) is 0 Å². The van der Waals surface area contributed by atoms with Gasteiger partial charge in [0, 0.05) is 25.2 Å². The predicted molar refractivity (Wildman–Crippen MR) is 93.5 cm³/mol. The summed E-state index contributed by atoms with van der Waals surface area (Å²) >= 11 is 0. The third-order valence-corrected chi connectivity index (χ3v) is 4.35. The summed E-state index contributed by atoms with van der Waals surface area (Å²) in [6.45, 7) is 0.901. The number of rotatable bonds is 5. The lowest BCUT2D eigenvalue weighted by Gasteiger charge is -2.27. The van der Waals surface area contributed by atoms with Crippen LogP contribution in [0.4, 0.5) is 23.2 Å². The number of nitrogens with two attached hydrogens (primary N) is 1. The van der Waals surface area contributed by atoms with Crippen LogP contribution >= 0.6 is 0 Å². The Kier molecular flexibility index (Phi) is 5.15. The highest BCUT2D eigenvalue weighted by molar-refractivity contribution is 5.82. The zero-order valence-corrected chi connectivity index (χ0v) is 14.0. The normalized spacial score (nSPS) is 17.2. The maximum absolute atomic E-state index is 14.0. The monoisotopic (exact) mass is 365 g/mol. The van der Waals surface area contributed by atoms with Crippen LogP contribution in [-0.4, -0.2) is 18.4 Å². The molecule has 0 saturated carbocycles. The number of hydrogen-bond acceptors (Lipinski definition) is 3. The van der Waals surface area contributed by atoms with Crippen LogP contribution in [-0.2, 0) is 12.7 Å². The van der Waals surface area contributed by atoms with E-state index in [1.807, 2.05) is 35.2 Å². The van der Waals surface area contributed by atoms with Crippen LogP contribution in [0.15, 0.2) is 53.5 Å². The number of halogens is 4. The van der Waals surface area contributed by atoms with Gasteiger partial charge in [0.2, 0.25) is 0 Å². The zero-order valence-electron chi connectivity index (χ0n) is 14.0. The Bertz CT molecular complexity index is 787. The largest absolute Gasteiger partial charge is 0.419 e. The van der Waals surface area contributed by atoms with Crippen molar-refractivity contribution in [2.75, 3.05) is 11.4 Å². The Hall–Kier alpha value is -2.57. The van der Waals surface area contributed by atoms with Gasteiger partial charge < -0.3 is 10.6 Å². The number of hydrogen-bond donors (Lipinski definition) is 1. The highest BCUT2D eigenvalue weighted by Gasteiger charge is 2.34. The summed E-state index contributed by atoms with van der Waals surface area (Å²) < 4.78 is 52.5. The first-order valence-electron chi connectivity index (χ1n) is 8.30. The number of alkyl halides is 3. The van der Waals surface area contributed by atoms with Crippen molar-refractivity contribution >= 4 is 11.5 Å². The first-order valence-corrected chi connectivity index (χ1v) is 8.30. The highest BCUT2D eigenvalue weighted by Crippen LogP contribution is 2.33. The Labute approximate surface area is 149 Å². The number of anilines is 1. The third-order valence-electron chi connectivity index (χ3n) is 4.35. The second-order valence-corrected chi connectivity index (χ2v) is 6.34. The Morgan fingerprint density at radius 1 is 1.12 bits per heavy atom. The number of aliphatic imine (C=N–C) groups is 1. The molecule has 7 heteroatoms. The summed E-state index contributed by atoms with van der Waals surface area (Å²) in [5, 5.41) is 0. The molecule has 1 aliphatic rings. The van der Waals surface area contributed by atoms with Crippen LogP contribution in [0.2, 0.25) is 0 Å². The van der Waals surface area contributed by atoms with Crippen LogP contribution in [0, 0.1) is 5.82 Å². The van der Waals surface area contributed by atoms with E-state index in [0.29, 0.717) is 31.0 Å². The molecule has 1 aliphatic heterocycles. The van der Waals surface area contributed by atoms with Crippen LogP contribution in [0.1, 0.15) is 24.0 Å². The minimum atomic E-state index is -4.71. The molecular weight excluding hydrogens is 346 g/mol. The molecule has 0 aromatic heterocycles. The summed E-state index contributed by atoms with van der Waals surface area (Å²) in [4.78, 5) is 6.19. The number of nitrogens with zero attached hydrogens (tertiary/aromatic N) is 2. The van der Waals surface area contributed by atoms with E-state index in [-0.39, 0.29) is 6.04 Å². The van der Waals surface area contributed by atoms with E-state index in [2.05, 4.69) is 4.99 Å². The van der Waals surface area contributed by atoms with Gasteiger partial charge >= 0.3 is 6.18 Å². The van der Waals surface area contributed by atoms with Crippen LogP contribution < -0.4 is 10.6 Å². The second-order valence-electron chi connectivity index (χ2n) is 6.34. The molecule has 2 aromatic carbocycles. The van der Waals surface area contributed by atoms with Crippen molar-refractivity contribution < 1.29 is 17.6 Å². The van der Waals surface area contributed by atoms with Crippen LogP contribution in [0.5, 0.6) is 0 Å². The van der Waals surface area contributed by atoms with Gasteiger partial charge in [0.05, 0.1) is 17.4 Å². The molecule has 0 amide bonds. The van der Waals surface area contributed by atoms with Crippen molar-refractivity contribution in [1.82, 2.24) is 0 Å². The van der Waals surface area contributed by atoms with Gasteiger partial charge in [-0.2, -0.15) is 13.2 Å². The lowest BCUT2D eigenvalue weighted by atomic mass is 10.1. The maximum Gasteiger partial charge on any atom is 0.419 e. The molecule has 0 radical (unpaired) electrons. The first-order chi connectivity index (χ1) is 12.3. The van der Waals surface area contributed by atoms with E-state index in [1.165, 1.54) is 6.07 Å². The third kappa shape index (κ3) is 4.33. The van der Waals surface area contributed by atoms with Crippen molar-refractivity contribution in [2.45, 2.75) is 31.6 Å². The minimum absolute atomic E-state index is 0.0518. The molecule has 1 heterocycles. The van der Waals surface area contributed by atoms with E-state index in [1.54, 1.807) is 0 Å². The van der Waals surface area contributed by atoms with E-state index in [0.717, 1.165) is 24.1 Å². The fourth-order valence-corrected chi connectivity index (χ4v) is 3.06. The van der Waals surface area contributed by atoms with Crippen molar-refractivity contribution in [1.29, 1.82) is 0 Å². The van der Waals surface area contributed by atoms with Gasteiger partial charge in [-0.25, -0.2) is 4.39 Å². The van der Waals surface area contributed by atoms with Crippen molar-refractivity contribution in [3.05, 3.63) is 65.5 Å². The average Bonchev–Trinajstić information content (AvgIpc) is 2.99. The molecule has 0 saturated heterocycles. The molecule has 0 spiro atoms. The predicted octanol–water partition coefficient (Wildman–Crippen LogP) is 4.37. The summed E-state index contributed by atoms with van der Waals surface area (Å²) in [5.74, 6) is -0.698. The molecule has 0 unspecified atom stereocenters. The van der Waals surface area contributed by atoms with Gasteiger partial charge in [0.15, 0.2) is 0 Å². The molecule has 0 aliphatic carbocycles. The van der Waals surface area contributed by atoms with Gasteiger partial charge in [-0.3, -0.25) is 4.99 Å². The highest BCUT2D eigenvalue weighted by atomic mass is 19.4. The lowest BCUT2D eigenvalue weighted by molar-refractivity contribution is -0.139. The van der Waals surface area contributed by atoms with E-state index in [4.69, 9.17) is 5.73 Å². The smallest absolute Gasteiger partial charge is 0.387 e. The molecule has 1 atom stereocenters. The lowest BCUT2D eigenvalue weighted by Crippen LogP contribution is -2.30. The number of amidine groups is 1. The summed E-state index contributed by atoms with van der Waals surface area (Å²) in [6, 6.07) is 12.5. The Morgan fingerprint density at radius 2 is 1.85 bits per heavy atom. The molecule has 0 bridgehead atoms. The average molecular weight is 365 g/mol. The van der Waals surface area contributed by atoms with Gasteiger partial charge in [0.25, 0.3) is 0 Å². The fraction of sp³-hybridized carbons (Fsp3) is 0.316. The summed E-state index contributed by atoms with van der Waals surface area (Å²) in [5.41, 5.74) is 5.83. The molecule has 26 heavy (non-hydrogen) atoms.